The lowest BCUT2D eigenvalue weighted by molar-refractivity contribution is 0.100. The van der Waals surface area contributed by atoms with Gasteiger partial charge in [0.15, 0.2) is 0 Å². The standard InChI is InChI=1S/C20H14FN3OS/c21-13-8-6-11(7-9-13)14-10-15(12-4-2-1-3-5-12)24-20-16(14)17(22)18(26-20)19(23)25/h1-10H,22H2,(H2,23,25). The summed E-state index contributed by atoms with van der Waals surface area (Å²) in [5, 5.41) is 0.662. The molecule has 4 nitrogen and oxygen atoms in total. The zero-order chi connectivity index (χ0) is 18.3. The smallest absolute Gasteiger partial charge is 0.260 e. The van der Waals surface area contributed by atoms with Gasteiger partial charge < -0.3 is 11.5 Å². The lowest BCUT2D eigenvalue weighted by atomic mass is 9.99. The molecule has 4 N–H and O–H groups in total. The third-order valence-corrected chi connectivity index (χ3v) is 5.26. The first kappa shape index (κ1) is 16.2. The second kappa shape index (κ2) is 6.24. The van der Waals surface area contributed by atoms with Crippen LogP contribution in [0.3, 0.4) is 0 Å². The number of carbonyl (C=O) groups is 1. The number of thiophene rings is 1. The van der Waals surface area contributed by atoms with Gasteiger partial charge in [-0.15, -0.1) is 11.3 Å². The summed E-state index contributed by atoms with van der Waals surface area (Å²) in [7, 11) is 0. The molecule has 128 valence electrons. The van der Waals surface area contributed by atoms with Crippen molar-refractivity contribution in [1.29, 1.82) is 0 Å². The van der Waals surface area contributed by atoms with E-state index in [0.717, 1.165) is 22.4 Å². The zero-order valence-corrected chi connectivity index (χ0v) is 14.4. The highest BCUT2D eigenvalue weighted by molar-refractivity contribution is 7.21. The van der Waals surface area contributed by atoms with E-state index in [1.807, 2.05) is 36.4 Å². The molecule has 0 bridgehead atoms. The monoisotopic (exact) mass is 363 g/mol. The number of carbonyl (C=O) groups excluding carboxylic acids is 1. The Morgan fingerprint density at radius 1 is 1.00 bits per heavy atom. The quantitative estimate of drug-likeness (QED) is 0.564. The van der Waals surface area contributed by atoms with Crippen molar-refractivity contribution < 1.29 is 9.18 Å². The van der Waals surface area contributed by atoms with Gasteiger partial charge in [0.2, 0.25) is 0 Å². The number of halogens is 1. The van der Waals surface area contributed by atoms with Gasteiger partial charge in [-0.1, -0.05) is 42.5 Å². The Kier molecular flexibility index (Phi) is 3.89. The van der Waals surface area contributed by atoms with E-state index in [1.165, 1.54) is 23.5 Å². The van der Waals surface area contributed by atoms with E-state index >= 15 is 0 Å². The van der Waals surface area contributed by atoms with Gasteiger partial charge in [0.25, 0.3) is 5.91 Å². The highest BCUT2D eigenvalue weighted by Gasteiger charge is 2.20. The molecule has 4 rings (SSSR count). The molecule has 0 aliphatic carbocycles. The number of benzene rings is 2. The zero-order valence-electron chi connectivity index (χ0n) is 13.6. The molecular formula is C20H14FN3OS. The summed E-state index contributed by atoms with van der Waals surface area (Å²) in [6, 6.07) is 17.7. The van der Waals surface area contributed by atoms with Gasteiger partial charge in [-0.25, -0.2) is 9.37 Å². The maximum atomic E-state index is 13.4. The van der Waals surface area contributed by atoms with Gasteiger partial charge in [0.05, 0.1) is 11.4 Å². The van der Waals surface area contributed by atoms with Crippen LogP contribution in [0.25, 0.3) is 32.6 Å². The number of pyridine rings is 1. The Morgan fingerprint density at radius 3 is 2.35 bits per heavy atom. The maximum absolute atomic E-state index is 13.4. The second-order valence-electron chi connectivity index (χ2n) is 5.82. The molecule has 2 aromatic carbocycles. The summed E-state index contributed by atoms with van der Waals surface area (Å²) in [5.41, 5.74) is 15.2. The summed E-state index contributed by atoms with van der Waals surface area (Å²) in [6.07, 6.45) is 0. The fourth-order valence-corrected chi connectivity index (χ4v) is 3.89. The van der Waals surface area contributed by atoms with Crippen molar-refractivity contribution in [2.24, 2.45) is 5.73 Å². The summed E-state index contributed by atoms with van der Waals surface area (Å²) in [4.78, 5) is 17.3. The van der Waals surface area contributed by atoms with Crippen molar-refractivity contribution in [2.75, 3.05) is 5.73 Å². The molecule has 0 fully saturated rings. The Hall–Kier alpha value is -3.25. The maximum Gasteiger partial charge on any atom is 0.260 e. The van der Waals surface area contributed by atoms with E-state index in [4.69, 9.17) is 11.5 Å². The fourth-order valence-electron chi connectivity index (χ4n) is 2.92. The van der Waals surface area contributed by atoms with Crippen LogP contribution < -0.4 is 11.5 Å². The second-order valence-corrected chi connectivity index (χ2v) is 6.82. The highest BCUT2D eigenvalue weighted by Crippen LogP contribution is 2.41. The van der Waals surface area contributed by atoms with Gasteiger partial charge in [-0.2, -0.15) is 0 Å². The third-order valence-electron chi connectivity index (χ3n) is 4.15. The SMILES string of the molecule is NC(=O)c1sc2nc(-c3ccccc3)cc(-c3ccc(F)cc3)c2c1N. The normalized spacial score (nSPS) is 11.0. The first-order chi connectivity index (χ1) is 12.5. The molecule has 6 heteroatoms. The Balaban J connectivity index is 2.06. The number of nitrogen functional groups attached to an aromatic ring is 1. The number of fused-ring (bicyclic) bond motifs is 1. The summed E-state index contributed by atoms with van der Waals surface area (Å²) in [6.45, 7) is 0. The molecule has 0 unspecified atom stereocenters. The molecule has 26 heavy (non-hydrogen) atoms. The number of nitrogens with zero attached hydrogens (tertiary/aromatic N) is 1. The molecule has 0 saturated carbocycles. The number of rotatable bonds is 3. The van der Waals surface area contributed by atoms with Crippen LogP contribution in [0, 0.1) is 5.82 Å². The summed E-state index contributed by atoms with van der Waals surface area (Å²) < 4.78 is 13.4. The first-order valence-electron chi connectivity index (χ1n) is 7.89. The van der Waals surface area contributed by atoms with E-state index in [2.05, 4.69) is 4.98 Å². The minimum Gasteiger partial charge on any atom is -0.397 e. The number of hydrogen-bond acceptors (Lipinski definition) is 4. The predicted octanol–water partition coefficient (Wildman–Crippen LogP) is 4.45. The van der Waals surface area contributed by atoms with Gasteiger partial charge in [-0.3, -0.25) is 4.79 Å². The number of primary amides is 1. The third kappa shape index (κ3) is 2.70. The molecule has 0 spiro atoms. The molecule has 0 atom stereocenters. The number of hydrogen-bond donors (Lipinski definition) is 2. The van der Waals surface area contributed by atoms with Gasteiger partial charge in [-0.05, 0) is 29.3 Å². The average molecular weight is 363 g/mol. The van der Waals surface area contributed by atoms with Crippen LogP contribution in [0.15, 0.2) is 60.7 Å². The van der Waals surface area contributed by atoms with E-state index in [9.17, 15) is 9.18 Å². The number of anilines is 1. The van der Waals surface area contributed by atoms with Crippen LogP contribution in [0.5, 0.6) is 0 Å². The number of amides is 1. The van der Waals surface area contributed by atoms with Crippen molar-refractivity contribution in [3.63, 3.8) is 0 Å². The van der Waals surface area contributed by atoms with Crippen LogP contribution in [0.2, 0.25) is 0 Å². The number of nitrogens with two attached hydrogens (primary N) is 2. The van der Waals surface area contributed by atoms with Crippen LogP contribution in [0.4, 0.5) is 10.1 Å². The molecule has 0 saturated heterocycles. The van der Waals surface area contributed by atoms with Crippen molar-refractivity contribution >= 4 is 33.1 Å². The van der Waals surface area contributed by atoms with Crippen LogP contribution >= 0.6 is 11.3 Å². The number of aromatic nitrogens is 1. The lowest BCUT2D eigenvalue weighted by Gasteiger charge is -2.09. The molecule has 4 aromatic rings. The Labute approximate surface area is 152 Å². The van der Waals surface area contributed by atoms with Crippen molar-refractivity contribution in [3.05, 3.63) is 71.4 Å². The fraction of sp³-hybridized carbons (Fsp3) is 0. The lowest BCUT2D eigenvalue weighted by Crippen LogP contribution is -2.10. The largest absolute Gasteiger partial charge is 0.397 e. The van der Waals surface area contributed by atoms with E-state index in [0.29, 0.717) is 15.9 Å². The minimum absolute atomic E-state index is 0.279. The van der Waals surface area contributed by atoms with Crippen molar-refractivity contribution in [3.8, 4) is 22.4 Å². The molecule has 0 radical (unpaired) electrons. The molecule has 0 aliphatic heterocycles. The first-order valence-corrected chi connectivity index (χ1v) is 8.70. The topological polar surface area (TPSA) is 82.0 Å². The Bertz CT molecular complexity index is 1120. The van der Waals surface area contributed by atoms with Crippen LogP contribution in [-0.2, 0) is 0 Å². The molecule has 0 aliphatic rings. The van der Waals surface area contributed by atoms with Crippen molar-refractivity contribution in [1.82, 2.24) is 4.98 Å². The van der Waals surface area contributed by atoms with Gasteiger partial charge in [0, 0.05) is 10.9 Å². The Morgan fingerprint density at radius 2 is 1.69 bits per heavy atom. The van der Waals surface area contributed by atoms with Crippen molar-refractivity contribution in [2.45, 2.75) is 0 Å². The molecule has 2 heterocycles. The average Bonchev–Trinajstić information content (AvgIpc) is 2.99. The molecular weight excluding hydrogens is 349 g/mol. The molecule has 2 aromatic heterocycles. The predicted molar refractivity (Wildman–Crippen MR) is 103 cm³/mol. The van der Waals surface area contributed by atoms with E-state index in [-0.39, 0.29) is 10.7 Å². The molecule has 1 amide bonds. The summed E-state index contributed by atoms with van der Waals surface area (Å²) in [5.74, 6) is -0.907. The van der Waals surface area contributed by atoms with E-state index < -0.39 is 5.91 Å². The van der Waals surface area contributed by atoms with Crippen LogP contribution in [-0.4, -0.2) is 10.9 Å². The van der Waals surface area contributed by atoms with Gasteiger partial charge in [0.1, 0.15) is 15.5 Å². The minimum atomic E-state index is -0.586. The van der Waals surface area contributed by atoms with E-state index in [1.54, 1.807) is 12.1 Å². The van der Waals surface area contributed by atoms with Crippen LogP contribution in [0.1, 0.15) is 9.67 Å². The highest BCUT2D eigenvalue weighted by atomic mass is 32.1. The van der Waals surface area contributed by atoms with Gasteiger partial charge >= 0.3 is 0 Å². The summed E-state index contributed by atoms with van der Waals surface area (Å²) >= 11 is 1.17.